The first-order chi connectivity index (χ1) is 9.95. The molecule has 0 spiro atoms. The van der Waals surface area contributed by atoms with Gasteiger partial charge < -0.3 is 15.2 Å². The Kier molecular flexibility index (Phi) is 5.24. The Morgan fingerprint density at radius 1 is 1.19 bits per heavy atom. The molecule has 118 valence electrons. The number of nitrogens with one attached hydrogen (secondary N) is 1. The molecule has 3 nitrogen and oxygen atoms in total. The summed E-state index contributed by atoms with van der Waals surface area (Å²) in [5.41, 5.74) is 0.128. The molecular formula is C15H20F3NO2. The highest BCUT2D eigenvalue weighted by molar-refractivity contribution is 5.25. The van der Waals surface area contributed by atoms with Gasteiger partial charge in [0.25, 0.3) is 0 Å². The number of aliphatic hydroxyl groups is 1. The zero-order valence-corrected chi connectivity index (χ0v) is 11.7. The zero-order valence-electron chi connectivity index (χ0n) is 11.7. The molecule has 0 radical (unpaired) electrons. The first-order valence-corrected chi connectivity index (χ1v) is 7.04. The van der Waals surface area contributed by atoms with Crippen molar-refractivity contribution in [3.8, 4) is 0 Å². The van der Waals surface area contributed by atoms with E-state index in [0.29, 0.717) is 12.5 Å². The largest absolute Gasteiger partial charge is 0.411 e. The molecular weight excluding hydrogens is 283 g/mol. The molecule has 0 amide bonds. The summed E-state index contributed by atoms with van der Waals surface area (Å²) in [6.07, 6.45) is -1.98. The highest BCUT2D eigenvalue weighted by atomic mass is 19.4. The smallest absolute Gasteiger partial charge is 0.394 e. The normalized spacial score (nSPS) is 18.5. The van der Waals surface area contributed by atoms with E-state index in [1.165, 1.54) is 0 Å². The summed E-state index contributed by atoms with van der Waals surface area (Å²) < 4.78 is 41.0. The second kappa shape index (κ2) is 6.77. The SMILES string of the molecule is OCC(CCOCC(F)(F)F)(NC1CC1)c1ccccc1. The Morgan fingerprint density at radius 2 is 1.86 bits per heavy atom. The van der Waals surface area contributed by atoms with E-state index < -0.39 is 18.3 Å². The van der Waals surface area contributed by atoms with E-state index in [1.54, 1.807) is 0 Å². The predicted molar refractivity (Wildman–Crippen MR) is 72.9 cm³/mol. The topological polar surface area (TPSA) is 41.5 Å². The van der Waals surface area contributed by atoms with Crippen LogP contribution < -0.4 is 5.32 Å². The van der Waals surface area contributed by atoms with Gasteiger partial charge in [0.2, 0.25) is 0 Å². The Hall–Kier alpha value is -1.11. The third-order valence-corrected chi connectivity index (χ3v) is 3.59. The van der Waals surface area contributed by atoms with Crippen molar-refractivity contribution in [2.24, 2.45) is 0 Å². The molecule has 2 rings (SSSR count). The molecule has 1 aliphatic carbocycles. The first kappa shape index (κ1) is 16.3. The number of alkyl halides is 3. The highest BCUT2D eigenvalue weighted by Gasteiger charge is 2.37. The molecule has 1 atom stereocenters. The summed E-state index contributed by atoms with van der Waals surface area (Å²) in [4.78, 5) is 0. The number of hydrogen-bond donors (Lipinski definition) is 2. The van der Waals surface area contributed by atoms with E-state index in [4.69, 9.17) is 4.74 Å². The molecule has 2 N–H and O–H groups in total. The highest BCUT2D eigenvalue weighted by Crippen LogP contribution is 2.31. The predicted octanol–water partition coefficient (Wildman–Crippen LogP) is 2.60. The van der Waals surface area contributed by atoms with Crippen LogP contribution in [-0.2, 0) is 10.3 Å². The number of aliphatic hydroxyl groups excluding tert-OH is 1. The number of benzene rings is 1. The van der Waals surface area contributed by atoms with Gasteiger partial charge in [0.15, 0.2) is 0 Å². The molecule has 0 aromatic heterocycles. The van der Waals surface area contributed by atoms with Crippen LogP contribution in [0.15, 0.2) is 30.3 Å². The average molecular weight is 303 g/mol. The fourth-order valence-electron chi connectivity index (χ4n) is 2.33. The third kappa shape index (κ3) is 4.98. The zero-order chi connectivity index (χ0) is 15.3. The molecule has 1 fully saturated rings. The van der Waals surface area contributed by atoms with Crippen LogP contribution in [0.3, 0.4) is 0 Å². The molecule has 0 saturated heterocycles. The minimum atomic E-state index is -4.32. The van der Waals surface area contributed by atoms with E-state index in [2.05, 4.69) is 5.32 Å². The molecule has 21 heavy (non-hydrogen) atoms. The van der Waals surface area contributed by atoms with Gasteiger partial charge in [-0.3, -0.25) is 0 Å². The number of hydrogen-bond acceptors (Lipinski definition) is 3. The molecule has 6 heteroatoms. The molecule has 1 saturated carbocycles. The minimum absolute atomic E-state index is 0.0608. The van der Waals surface area contributed by atoms with Gasteiger partial charge >= 0.3 is 6.18 Å². The Morgan fingerprint density at radius 3 is 2.38 bits per heavy atom. The average Bonchev–Trinajstić information content (AvgIpc) is 3.26. The van der Waals surface area contributed by atoms with Crippen molar-refractivity contribution in [1.29, 1.82) is 0 Å². The van der Waals surface area contributed by atoms with Crippen molar-refractivity contribution in [1.82, 2.24) is 5.32 Å². The maximum absolute atomic E-state index is 12.1. The Bertz CT molecular complexity index is 434. The van der Waals surface area contributed by atoms with Gasteiger partial charge in [-0.1, -0.05) is 30.3 Å². The van der Waals surface area contributed by atoms with E-state index in [9.17, 15) is 18.3 Å². The van der Waals surface area contributed by atoms with Gasteiger partial charge in [0.05, 0.1) is 12.1 Å². The van der Waals surface area contributed by atoms with Gasteiger partial charge in [0, 0.05) is 12.6 Å². The van der Waals surface area contributed by atoms with Crippen molar-refractivity contribution >= 4 is 0 Å². The van der Waals surface area contributed by atoms with Crippen LogP contribution in [0.2, 0.25) is 0 Å². The van der Waals surface area contributed by atoms with Gasteiger partial charge in [-0.15, -0.1) is 0 Å². The summed E-state index contributed by atoms with van der Waals surface area (Å²) >= 11 is 0. The molecule has 1 aromatic rings. The minimum Gasteiger partial charge on any atom is -0.394 e. The number of halogens is 3. The van der Waals surface area contributed by atoms with Crippen molar-refractivity contribution in [3.63, 3.8) is 0 Å². The maximum atomic E-state index is 12.1. The summed E-state index contributed by atoms with van der Waals surface area (Å²) in [7, 11) is 0. The van der Waals surface area contributed by atoms with E-state index in [1.807, 2.05) is 30.3 Å². The molecule has 1 unspecified atom stereocenters. The third-order valence-electron chi connectivity index (χ3n) is 3.59. The lowest BCUT2D eigenvalue weighted by molar-refractivity contribution is -0.175. The summed E-state index contributed by atoms with van der Waals surface area (Å²) in [5, 5.41) is 13.2. The van der Waals surface area contributed by atoms with E-state index in [-0.39, 0.29) is 13.2 Å². The fourth-order valence-corrected chi connectivity index (χ4v) is 2.33. The van der Waals surface area contributed by atoms with E-state index >= 15 is 0 Å². The maximum Gasteiger partial charge on any atom is 0.411 e. The lowest BCUT2D eigenvalue weighted by atomic mass is 9.87. The second-order valence-electron chi connectivity index (χ2n) is 5.44. The van der Waals surface area contributed by atoms with E-state index in [0.717, 1.165) is 18.4 Å². The first-order valence-electron chi connectivity index (χ1n) is 7.04. The van der Waals surface area contributed by atoms with Gasteiger partial charge in [-0.2, -0.15) is 13.2 Å². The van der Waals surface area contributed by atoms with Gasteiger partial charge in [0.1, 0.15) is 6.61 Å². The summed E-state index contributed by atoms with van der Waals surface area (Å²) in [5.74, 6) is 0. The van der Waals surface area contributed by atoms with Crippen molar-refractivity contribution in [2.75, 3.05) is 19.8 Å². The number of ether oxygens (including phenoxy) is 1. The van der Waals surface area contributed by atoms with Crippen LogP contribution in [0.1, 0.15) is 24.8 Å². The molecule has 1 aliphatic rings. The fraction of sp³-hybridized carbons (Fsp3) is 0.600. The van der Waals surface area contributed by atoms with Crippen LogP contribution in [0.4, 0.5) is 13.2 Å². The van der Waals surface area contributed by atoms with Crippen LogP contribution in [-0.4, -0.2) is 37.1 Å². The van der Waals surface area contributed by atoms with Crippen LogP contribution in [0.5, 0.6) is 0 Å². The van der Waals surface area contributed by atoms with Crippen molar-refractivity contribution in [3.05, 3.63) is 35.9 Å². The lowest BCUT2D eigenvalue weighted by Crippen LogP contribution is -2.47. The Labute approximate surface area is 122 Å². The lowest BCUT2D eigenvalue weighted by Gasteiger charge is -2.34. The quantitative estimate of drug-likeness (QED) is 0.725. The van der Waals surface area contributed by atoms with Crippen LogP contribution in [0, 0.1) is 0 Å². The monoisotopic (exact) mass is 303 g/mol. The standard InChI is InChI=1S/C15H20F3NO2/c16-15(17,18)11-21-9-8-14(10-20,19-13-6-7-13)12-4-2-1-3-5-12/h1-5,13,19-20H,6-11H2. The summed E-state index contributed by atoms with van der Waals surface area (Å²) in [6, 6.07) is 9.63. The van der Waals surface area contributed by atoms with Gasteiger partial charge in [-0.05, 0) is 24.8 Å². The Balaban J connectivity index is 2.01. The second-order valence-corrected chi connectivity index (χ2v) is 5.44. The molecule has 1 aromatic carbocycles. The molecule has 0 heterocycles. The van der Waals surface area contributed by atoms with Crippen molar-refractivity contribution < 1.29 is 23.0 Å². The van der Waals surface area contributed by atoms with Crippen molar-refractivity contribution in [2.45, 2.75) is 37.0 Å². The number of rotatable bonds is 8. The van der Waals surface area contributed by atoms with Crippen LogP contribution >= 0.6 is 0 Å². The van der Waals surface area contributed by atoms with Crippen LogP contribution in [0.25, 0.3) is 0 Å². The summed E-state index contributed by atoms with van der Waals surface area (Å²) in [6.45, 7) is -1.50. The molecule has 0 bridgehead atoms. The van der Waals surface area contributed by atoms with Gasteiger partial charge in [-0.25, -0.2) is 0 Å². The molecule has 0 aliphatic heterocycles.